The van der Waals surface area contributed by atoms with Crippen molar-refractivity contribution in [1.82, 2.24) is 0 Å². The van der Waals surface area contributed by atoms with Gasteiger partial charge in [-0.3, -0.25) is 0 Å². The van der Waals surface area contributed by atoms with E-state index in [-0.39, 0.29) is 11.7 Å². The zero-order chi connectivity index (χ0) is 11.5. The molecule has 2 N–H and O–H groups in total. The topological polar surface area (TPSA) is 26.0 Å². The number of hydrogen-bond donors (Lipinski definition) is 1. The van der Waals surface area contributed by atoms with E-state index in [1.807, 2.05) is 0 Å². The molecule has 0 aromatic heterocycles. The monoisotopic (exact) mass is 241 g/mol. The van der Waals surface area contributed by atoms with Gasteiger partial charge in [0, 0.05) is 10.9 Å². The highest BCUT2D eigenvalue weighted by Crippen LogP contribution is 2.38. The quantitative estimate of drug-likeness (QED) is 0.858. The Morgan fingerprint density at radius 2 is 2.06 bits per heavy atom. The molecule has 0 heterocycles. The van der Waals surface area contributed by atoms with E-state index < -0.39 is 0 Å². The molecular weight excluding hydrogens is 225 g/mol. The molecule has 0 radical (unpaired) electrons. The number of hydrogen-bond acceptors (Lipinski definition) is 1. The molecule has 1 aliphatic carbocycles. The van der Waals surface area contributed by atoms with Crippen LogP contribution in [0.3, 0.4) is 0 Å². The predicted octanol–water partition coefficient (Wildman–Crippen LogP) is 3.71. The SMILES string of the molecule is NCC(c1cc(Cl)ccc1F)C1CCCC1. The van der Waals surface area contributed by atoms with Crippen molar-refractivity contribution >= 4 is 11.6 Å². The summed E-state index contributed by atoms with van der Waals surface area (Å²) in [6.07, 6.45) is 4.80. The standard InChI is InChI=1S/C13H17ClFN/c14-10-5-6-13(15)11(7-10)12(8-16)9-3-1-2-4-9/h5-7,9,12H,1-4,8,16H2. The van der Waals surface area contributed by atoms with Crippen molar-refractivity contribution in [2.24, 2.45) is 11.7 Å². The molecule has 3 heteroatoms. The molecule has 1 aliphatic rings. The lowest BCUT2D eigenvalue weighted by molar-refractivity contribution is 0.425. The van der Waals surface area contributed by atoms with Gasteiger partial charge in [-0.25, -0.2) is 4.39 Å². The van der Waals surface area contributed by atoms with Crippen molar-refractivity contribution in [3.8, 4) is 0 Å². The smallest absolute Gasteiger partial charge is 0.126 e. The summed E-state index contributed by atoms with van der Waals surface area (Å²) in [6.45, 7) is 0.502. The number of halogens is 2. The third-order valence-corrected chi connectivity index (χ3v) is 3.82. The highest BCUT2D eigenvalue weighted by Gasteiger charge is 2.27. The largest absolute Gasteiger partial charge is 0.330 e. The van der Waals surface area contributed by atoms with Crippen LogP contribution in [0.15, 0.2) is 18.2 Å². The predicted molar refractivity (Wildman–Crippen MR) is 65.2 cm³/mol. The Hall–Kier alpha value is -0.600. The minimum absolute atomic E-state index is 0.126. The summed E-state index contributed by atoms with van der Waals surface area (Å²) in [5.74, 6) is 0.478. The van der Waals surface area contributed by atoms with Gasteiger partial charge in [0.25, 0.3) is 0 Å². The van der Waals surface area contributed by atoms with E-state index in [0.717, 1.165) is 12.8 Å². The maximum absolute atomic E-state index is 13.7. The molecule has 1 atom stereocenters. The van der Waals surface area contributed by atoms with E-state index in [0.29, 0.717) is 23.0 Å². The van der Waals surface area contributed by atoms with Gasteiger partial charge in [0.2, 0.25) is 0 Å². The van der Waals surface area contributed by atoms with Crippen LogP contribution in [0.1, 0.15) is 37.2 Å². The van der Waals surface area contributed by atoms with Crippen LogP contribution >= 0.6 is 11.6 Å². The Labute approximate surface area is 101 Å². The summed E-state index contributed by atoms with van der Waals surface area (Å²) in [5.41, 5.74) is 6.49. The average molecular weight is 242 g/mol. The molecule has 1 nitrogen and oxygen atoms in total. The molecule has 1 aromatic carbocycles. The lowest BCUT2D eigenvalue weighted by atomic mass is 9.84. The van der Waals surface area contributed by atoms with Crippen molar-refractivity contribution < 1.29 is 4.39 Å². The lowest BCUT2D eigenvalue weighted by Crippen LogP contribution is -2.20. The van der Waals surface area contributed by atoms with Crippen LogP contribution in [-0.4, -0.2) is 6.54 Å². The molecule has 0 spiro atoms. The zero-order valence-electron chi connectivity index (χ0n) is 9.26. The van der Waals surface area contributed by atoms with E-state index in [9.17, 15) is 4.39 Å². The van der Waals surface area contributed by atoms with Gasteiger partial charge in [-0.2, -0.15) is 0 Å². The van der Waals surface area contributed by atoms with Gasteiger partial charge in [-0.1, -0.05) is 24.4 Å². The Bertz CT molecular complexity index is 361. The minimum atomic E-state index is -0.174. The summed E-state index contributed by atoms with van der Waals surface area (Å²) in [4.78, 5) is 0. The summed E-state index contributed by atoms with van der Waals surface area (Å²) in [5, 5.41) is 0.591. The van der Waals surface area contributed by atoms with Crippen LogP contribution in [-0.2, 0) is 0 Å². The van der Waals surface area contributed by atoms with E-state index in [2.05, 4.69) is 0 Å². The van der Waals surface area contributed by atoms with E-state index in [4.69, 9.17) is 17.3 Å². The molecule has 2 rings (SSSR count). The summed E-state index contributed by atoms with van der Waals surface area (Å²) in [6, 6.07) is 4.75. The molecule has 0 bridgehead atoms. The fourth-order valence-corrected chi connectivity index (χ4v) is 2.91. The zero-order valence-corrected chi connectivity index (χ0v) is 10.0. The second kappa shape index (κ2) is 5.15. The average Bonchev–Trinajstić information content (AvgIpc) is 2.78. The van der Waals surface area contributed by atoms with Crippen molar-refractivity contribution in [2.75, 3.05) is 6.54 Å². The van der Waals surface area contributed by atoms with Crippen LogP contribution in [0.25, 0.3) is 0 Å². The second-order valence-corrected chi connectivity index (χ2v) is 4.99. The third-order valence-electron chi connectivity index (χ3n) is 3.58. The maximum atomic E-state index is 13.7. The molecule has 1 aromatic rings. The molecule has 1 unspecified atom stereocenters. The molecule has 88 valence electrons. The summed E-state index contributed by atoms with van der Waals surface area (Å²) in [7, 11) is 0. The summed E-state index contributed by atoms with van der Waals surface area (Å²) >= 11 is 5.92. The van der Waals surface area contributed by atoms with E-state index in [1.54, 1.807) is 12.1 Å². The van der Waals surface area contributed by atoms with Gasteiger partial charge in [0.15, 0.2) is 0 Å². The van der Waals surface area contributed by atoms with Gasteiger partial charge in [0.1, 0.15) is 5.82 Å². The fraction of sp³-hybridized carbons (Fsp3) is 0.538. The van der Waals surface area contributed by atoms with E-state index in [1.165, 1.54) is 18.9 Å². The highest BCUT2D eigenvalue weighted by molar-refractivity contribution is 6.30. The van der Waals surface area contributed by atoms with Crippen molar-refractivity contribution in [3.63, 3.8) is 0 Å². The first-order chi connectivity index (χ1) is 7.72. The summed E-state index contributed by atoms with van der Waals surface area (Å²) < 4.78 is 13.7. The molecule has 0 aliphatic heterocycles. The van der Waals surface area contributed by atoms with Gasteiger partial charge in [-0.05, 0) is 49.1 Å². The van der Waals surface area contributed by atoms with Crippen LogP contribution in [0.5, 0.6) is 0 Å². The van der Waals surface area contributed by atoms with Crippen LogP contribution in [0, 0.1) is 11.7 Å². The second-order valence-electron chi connectivity index (χ2n) is 4.55. The third kappa shape index (κ3) is 2.38. The number of rotatable bonds is 3. The van der Waals surface area contributed by atoms with Crippen LogP contribution in [0.4, 0.5) is 4.39 Å². The molecule has 16 heavy (non-hydrogen) atoms. The van der Waals surface area contributed by atoms with Crippen molar-refractivity contribution in [1.29, 1.82) is 0 Å². The minimum Gasteiger partial charge on any atom is -0.330 e. The Morgan fingerprint density at radius 3 is 2.69 bits per heavy atom. The molecule has 0 saturated heterocycles. The van der Waals surface area contributed by atoms with Crippen molar-refractivity contribution in [2.45, 2.75) is 31.6 Å². The normalized spacial score (nSPS) is 18.9. The first-order valence-electron chi connectivity index (χ1n) is 5.87. The first kappa shape index (κ1) is 11.9. The van der Waals surface area contributed by atoms with Crippen LogP contribution in [0.2, 0.25) is 5.02 Å². The molecule has 1 fully saturated rings. The number of benzene rings is 1. The van der Waals surface area contributed by atoms with E-state index >= 15 is 0 Å². The van der Waals surface area contributed by atoms with Gasteiger partial charge >= 0.3 is 0 Å². The first-order valence-corrected chi connectivity index (χ1v) is 6.25. The Kier molecular flexibility index (Phi) is 3.82. The van der Waals surface area contributed by atoms with Gasteiger partial charge in [0.05, 0.1) is 0 Å². The number of nitrogens with two attached hydrogens (primary N) is 1. The lowest BCUT2D eigenvalue weighted by Gasteiger charge is -2.22. The van der Waals surface area contributed by atoms with Crippen LogP contribution < -0.4 is 5.73 Å². The van der Waals surface area contributed by atoms with Gasteiger partial charge in [-0.15, -0.1) is 0 Å². The van der Waals surface area contributed by atoms with Gasteiger partial charge < -0.3 is 5.73 Å². The Morgan fingerprint density at radius 1 is 1.38 bits per heavy atom. The van der Waals surface area contributed by atoms with Crippen molar-refractivity contribution in [3.05, 3.63) is 34.6 Å². The Balaban J connectivity index is 2.28. The highest BCUT2D eigenvalue weighted by atomic mass is 35.5. The fourth-order valence-electron chi connectivity index (χ4n) is 2.73. The molecule has 0 amide bonds. The molecular formula is C13H17ClFN. The maximum Gasteiger partial charge on any atom is 0.126 e. The molecule has 1 saturated carbocycles.